The maximum absolute atomic E-state index is 11.7. The number of ether oxygens (including phenoxy) is 2. The number of imidazole rings is 1. The lowest BCUT2D eigenvalue weighted by Crippen LogP contribution is -2.07. The lowest BCUT2D eigenvalue weighted by atomic mass is 10.1. The van der Waals surface area contributed by atoms with E-state index >= 15 is 0 Å². The molecule has 6 nitrogen and oxygen atoms in total. The third-order valence-electron chi connectivity index (χ3n) is 4.21. The van der Waals surface area contributed by atoms with Crippen LogP contribution in [0.2, 0.25) is 0 Å². The Kier molecular flexibility index (Phi) is 4.24. The first kappa shape index (κ1) is 17.4. The number of thiophene rings is 1. The van der Waals surface area contributed by atoms with Gasteiger partial charge in [0, 0.05) is 11.6 Å². The Morgan fingerprint density at radius 1 is 1.26 bits per heavy atom. The second-order valence-corrected chi connectivity index (χ2v) is 7.31. The maximum Gasteiger partial charge on any atom is 0.372 e. The van der Waals surface area contributed by atoms with E-state index in [1.54, 1.807) is 17.7 Å². The summed E-state index contributed by atoms with van der Waals surface area (Å²) in [5.41, 5.74) is 1.39. The summed E-state index contributed by atoms with van der Waals surface area (Å²) in [6.07, 6.45) is 1.71. The lowest BCUT2D eigenvalue weighted by molar-refractivity contribution is 0.0683. The number of nitrogens with zero attached hydrogens (tertiary/aromatic N) is 2. The van der Waals surface area contributed by atoms with Crippen LogP contribution in [0.1, 0.15) is 24.5 Å². The Morgan fingerprint density at radius 2 is 2.07 bits per heavy atom. The van der Waals surface area contributed by atoms with Crippen molar-refractivity contribution < 1.29 is 19.4 Å². The van der Waals surface area contributed by atoms with E-state index in [1.165, 1.54) is 11.3 Å². The molecule has 138 valence electrons. The summed E-state index contributed by atoms with van der Waals surface area (Å²) in [4.78, 5) is 17.1. The number of fused-ring (bicyclic) bond motifs is 3. The van der Waals surface area contributed by atoms with Gasteiger partial charge in [-0.2, -0.15) is 0 Å². The van der Waals surface area contributed by atoms with E-state index < -0.39 is 5.97 Å². The van der Waals surface area contributed by atoms with Gasteiger partial charge in [-0.05, 0) is 48.9 Å². The van der Waals surface area contributed by atoms with Crippen molar-refractivity contribution in [3.8, 4) is 22.1 Å². The molecule has 0 spiro atoms. The maximum atomic E-state index is 11.7. The molecule has 3 heterocycles. The van der Waals surface area contributed by atoms with Gasteiger partial charge in [-0.1, -0.05) is 6.07 Å². The zero-order valence-electron chi connectivity index (χ0n) is 15.1. The summed E-state index contributed by atoms with van der Waals surface area (Å²) in [5.74, 6) is 0.163. The van der Waals surface area contributed by atoms with E-state index in [4.69, 9.17) is 9.47 Å². The van der Waals surface area contributed by atoms with Gasteiger partial charge >= 0.3 is 5.97 Å². The number of benzene rings is 1. The minimum atomic E-state index is -1.07. The second-order valence-electron chi connectivity index (χ2n) is 6.36. The van der Waals surface area contributed by atoms with Crippen molar-refractivity contribution in [1.82, 2.24) is 9.38 Å². The van der Waals surface area contributed by atoms with Gasteiger partial charge in [0.1, 0.15) is 5.69 Å². The van der Waals surface area contributed by atoms with Gasteiger partial charge in [0.15, 0.2) is 11.5 Å². The number of pyridine rings is 1. The monoisotopic (exact) mass is 382 g/mol. The third kappa shape index (κ3) is 2.90. The molecule has 0 atom stereocenters. The third-order valence-corrected chi connectivity index (χ3v) is 5.09. The smallest absolute Gasteiger partial charge is 0.372 e. The number of aromatic nitrogens is 2. The van der Waals surface area contributed by atoms with Crippen LogP contribution in [0.15, 0.2) is 41.9 Å². The quantitative estimate of drug-likeness (QED) is 0.541. The van der Waals surface area contributed by atoms with E-state index in [2.05, 4.69) is 4.98 Å². The van der Waals surface area contributed by atoms with Crippen molar-refractivity contribution >= 4 is 33.6 Å². The van der Waals surface area contributed by atoms with Crippen LogP contribution < -0.4 is 9.47 Å². The van der Waals surface area contributed by atoms with Crippen LogP contribution >= 0.6 is 11.3 Å². The number of rotatable bonds is 5. The van der Waals surface area contributed by atoms with Crippen molar-refractivity contribution in [2.45, 2.75) is 20.0 Å². The van der Waals surface area contributed by atoms with E-state index in [1.807, 2.05) is 49.6 Å². The van der Waals surface area contributed by atoms with Crippen molar-refractivity contribution in [2.75, 3.05) is 7.11 Å². The van der Waals surface area contributed by atoms with E-state index in [-0.39, 0.29) is 11.9 Å². The van der Waals surface area contributed by atoms with Crippen LogP contribution in [-0.4, -0.2) is 33.7 Å². The van der Waals surface area contributed by atoms with Crippen LogP contribution in [0, 0.1) is 0 Å². The van der Waals surface area contributed by atoms with Crippen LogP contribution in [0.3, 0.4) is 0 Å². The largest absolute Gasteiger partial charge is 0.493 e. The van der Waals surface area contributed by atoms with Crippen LogP contribution in [0.5, 0.6) is 11.5 Å². The molecule has 1 aromatic carbocycles. The van der Waals surface area contributed by atoms with Crippen molar-refractivity contribution in [2.24, 2.45) is 0 Å². The van der Waals surface area contributed by atoms with Gasteiger partial charge in [0.05, 0.1) is 23.6 Å². The highest BCUT2D eigenvalue weighted by Crippen LogP contribution is 2.38. The predicted molar refractivity (Wildman–Crippen MR) is 105 cm³/mol. The molecule has 0 bridgehead atoms. The molecule has 0 unspecified atom stereocenters. The van der Waals surface area contributed by atoms with Crippen molar-refractivity contribution in [3.05, 3.63) is 47.7 Å². The molecule has 0 aliphatic rings. The molecule has 7 heteroatoms. The fourth-order valence-corrected chi connectivity index (χ4v) is 3.86. The highest BCUT2D eigenvalue weighted by molar-refractivity contribution is 7.13. The Hall–Kier alpha value is -3.06. The zero-order chi connectivity index (χ0) is 19.1. The van der Waals surface area contributed by atoms with Crippen molar-refractivity contribution in [3.63, 3.8) is 0 Å². The molecule has 0 fully saturated rings. The minimum absolute atomic E-state index is 0.0163. The average Bonchev–Trinajstić information content (AvgIpc) is 3.28. The minimum Gasteiger partial charge on any atom is -0.493 e. The molecule has 0 saturated carbocycles. The molecule has 1 N–H and O–H groups in total. The first-order valence-corrected chi connectivity index (χ1v) is 9.34. The topological polar surface area (TPSA) is 73.1 Å². The number of aromatic carboxylic acids is 1. The van der Waals surface area contributed by atoms with E-state index in [9.17, 15) is 9.90 Å². The van der Waals surface area contributed by atoms with Gasteiger partial charge in [0.25, 0.3) is 0 Å². The number of carboxylic acids is 1. The van der Waals surface area contributed by atoms with Gasteiger partial charge in [-0.15, -0.1) is 11.3 Å². The number of hydrogen-bond donors (Lipinski definition) is 1. The Morgan fingerprint density at radius 3 is 2.70 bits per heavy atom. The molecule has 0 radical (unpaired) electrons. The van der Waals surface area contributed by atoms with E-state index in [0.717, 1.165) is 21.2 Å². The molecular weight excluding hydrogens is 364 g/mol. The fourth-order valence-electron chi connectivity index (χ4n) is 3.15. The van der Waals surface area contributed by atoms with Crippen molar-refractivity contribution in [1.29, 1.82) is 0 Å². The summed E-state index contributed by atoms with van der Waals surface area (Å²) >= 11 is 1.52. The standard InChI is InChI=1S/C20H18N2O4S/c1-11(2)26-15-10-13-12(9-14(15)25-3)6-7-22-18(13)17(16-5-4-8-27-16)21-19(22)20(23)24/h4-11H,1-3H3,(H,23,24). The number of methoxy groups -OCH3 is 1. The summed E-state index contributed by atoms with van der Waals surface area (Å²) < 4.78 is 13.0. The zero-order valence-corrected chi connectivity index (χ0v) is 15.9. The normalized spacial score (nSPS) is 11.4. The first-order chi connectivity index (χ1) is 13.0. The van der Waals surface area contributed by atoms with Crippen LogP contribution in [0.25, 0.3) is 26.9 Å². The number of carboxylic acid groups (broad SMARTS) is 1. The van der Waals surface area contributed by atoms with E-state index in [0.29, 0.717) is 17.2 Å². The highest BCUT2D eigenvalue weighted by Gasteiger charge is 2.21. The summed E-state index contributed by atoms with van der Waals surface area (Å²) in [7, 11) is 1.60. The Balaban J connectivity index is 2.11. The average molecular weight is 382 g/mol. The van der Waals surface area contributed by atoms with Crippen LogP contribution in [-0.2, 0) is 0 Å². The number of hydrogen-bond acceptors (Lipinski definition) is 5. The van der Waals surface area contributed by atoms with Gasteiger partial charge in [-0.3, -0.25) is 4.40 Å². The molecule has 27 heavy (non-hydrogen) atoms. The van der Waals surface area contributed by atoms with Gasteiger partial charge in [0.2, 0.25) is 5.82 Å². The number of carbonyl (C=O) groups is 1. The molecule has 4 rings (SSSR count). The molecule has 0 aliphatic carbocycles. The van der Waals surface area contributed by atoms with Gasteiger partial charge < -0.3 is 14.6 Å². The molecule has 3 aromatic heterocycles. The van der Waals surface area contributed by atoms with Crippen LogP contribution in [0.4, 0.5) is 0 Å². The SMILES string of the molecule is COc1cc2ccn3c(C(=O)O)nc(-c4cccs4)c3c2cc1OC(C)C. The van der Waals surface area contributed by atoms with Gasteiger partial charge in [-0.25, -0.2) is 9.78 Å². The molecule has 4 aromatic rings. The predicted octanol–water partition coefficient (Wildman–Crippen LogP) is 4.71. The second kappa shape index (κ2) is 6.59. The summed E-state index contributed by atoms with van der Waals surface area (Å²) in [5, 5.41) is 13.3. The lowest BCUT2D eigenvalue weighted by Gasteiger charge is -2.15. The molecule has 0 amide bonds. The highest BCUT2D eigenvalue weighted by atomic mass is 32.1. The summed E-state index contributed by atoms with van der Waals surface area (Å²) in [6, 6.07) is 9.52. The molecule has 0 saturated heterocycles. The summed E-state index contributed by atoms with van der Waals surface area (Å²) in [6.45, 7) is 3.89. The fraction of sp³-hybridized carbons (Fsp3) is 0.200. The molecule has 0 aliphatic heterocycles. The Bertz CT molecular complexity index is 1150. The Labute approximate surface area is 159 Å². The molecular formula is C20H18N2O4S. The first-order valence-electron chi connectivity index (χ1n) is 8.46.